The summed E-state index contributed by atoms with van der Waals surface area (Å²) >= 11 is 0. The van der Waals surface area contributed by atoms with Crippen LogP contribution in [0.15, 0.2) is 12.1 Å². The third-order valence-corrected chi connectivity index (χ3v) is 2.00. The number of hydrogen-bond donors (Lipinski definition) is 2. The number of methoxy groups -OCH3 is 2. The predicted octanol–water partition coefficient (Wildman–Crippen LogP) is 0.821. The van der Waals surface area contributed by atoms with Crippen molar-refractivity contribution < 1.29 is 14.6 Å². The van der Waals surface area contributed by atoms with E-state index >= 15 is 0 Å². The summed E-state index contributed by atoms with van der Waals surface area (Å²) in [6.45, 7) is 0.0935. The van der Waals surface area contributed by atoms with Crippen LogP contribution in [0.3, 0.4) is 0 Å². The van der Waals surface area contributed by atoms with Crippen molar-refractivity contribution in [2.24, 2.45) is 0 Å². The average Bonchev–Trinajstić information content (AvgIpc) is 2.20. The molecule has 0 aromatic heterocycles. The molecule has 4 heteroatoms. The number of aliphatic hydroxyl groups is 1. The first kappa shape index (κ1) is 10.7. The highest BCUT2D eigenvalue weighted by molar-refractivity contribution is 5.64. The molecule has 0 bridgehead atoms. The molecular weight excluding hydrogens is 182 g/mol. The number of nitrogen functional groups attached to an aromatic ring is 1. The average molecular weight is 197 g/mol. The minimum absolute atomic E-state index is 0.0935. The summed E-state index contributed by atoms with van der Waals surface area (Å²) in [6, 6.07) is 3.60. The van der Waals surface area contributed by atoms with Gasteiger partial charge in [0.15, 0.2) is 0 Å². The van der Waals surface area contributed by atoms with Crippen LogP contribution in [0.25, 0.3) is 0 Å². The highest BCUT2D eigenvalue weighted by atomic mass is 16.5. The van der Waals surface area contributed by atoms with Gasteiger partial charge in [0.25, 0.3) is 0 Å². The molecule has 0 spiro atoms. The van der Waals surface area contributed by atoms with Gasteiger partial charge in [0.1, 0.15) is 17.2 Å². The van der Waals surface area contributed by atoms with Crippen molar-refractivity contribution in [1.82, 2.24) is 0 Å². The van der Waals surface area contributed by atoms with Crippen LogP contribution in [0, 0.1) is 0 Å². The quantitative estimate of drug-likeness (QED) is 0.701. The fourth-order valence-corrected chi connectivity index (χ4v) is 1.27. The molecule has 78 valence electrons. The van der Waals surface area contributed by atoms with Crippen LogP contribution < -0.4 is 15.2 Å². The van der Waals surface area contributed by atoms with E-state index in [4.69, 9.17) is 20.3 Å². The zero-order valence-corrected chi connectivity index (χ0v) is 8.41. The van der Waals surface area contributed by atoms with E-state index in [-0.39, 0.29) is 6.61 Å². The number of rotatable bonds is 4. The lowest BCUT2D eigenvalue weighted by Crippen LogP contribution is -1.99. The van der Waals surface area contributed by atoms with E-state index in [0.717, 1.165) is 5.56 Å². The molecule has 0 unspecified atom stereocenters. The molecule has 3 N–H and O–H groups in total. The SMILES string of the molecule is COc1cc(CCO)cc(OC)c1N. The van der Waals surface area contributed by atoms with Gasteiger partial charge in [0.2, 0.25) is 0 Å². The number of nitrogens with two attached hydrogens (primary N) is 1. The second-order valence-corrected chi connectivity index (χ2v) is 2.89. The molecule has 1 rings (SSSR count). The minimum atomic E-state index is 0.0935. The Morgan fingerprint density at radius 1 is 1.21 bits per heavy atom. The van der Waals surface area contributed by atoms with Crippen LogP contribution in [-0.4, -0.2) is 25.9 Å². The summed E-state index contributed by atoms with van der Waals surface area (Å²) < 4.78 is 10.2. The smallest absolute Gasteiger partial charge is 0.145 e. The van der Waals surface area contributed by atoms with E-state index in [1.807, 2.05) is 0 Å². The maximum Gasteiger partial charge on any atom is 0.145 e. The van der Waals surface area contributed by atoms with E-state index in [0.29, 0.717) is 23.6 Å². The van der Waals surface area contributed by atoms with Crippen LogP contribution in [0.2, 0.25) is 0 Å². The lowest BCUT2D eigenvalue weighted by Gasteiger charge is -2.11. The fraction of sp³-hybridized carbons (Fsp3) is 0.400. The molecule has 14 heavy (non-hydrogen) atoms. The van der Waals surface area contributed by atoms with Gasteiger partial charge in [-0.1, -0.05) is 0 Å². The molecule has 1 aromatic carbocycles. The van der Waals surface area contributed by atoms with Gasteiger partial charge >= 0.3 is 0 Å². The highest BCUT2D eigenvalue weighted by Gasteiger charge is 2.08. The second kappa shape index (κ2) is 4.72. The van der Waals surface area contributed by atoms with E-state index in [9.17, 15) is 0 Å². The maximum absolute atomic E-state index is 8.80. The second-order valence-electron chi connectivity index (χ2n) is 2.89. The zero-order chi connectivity index (χ0) is 10.6. The number of aliphatic hydroxyl groups excluding tert-OH is 1. The molecule has 0 atom stereocenters. The van der Waals surface area contributed by atoms with E-state index in [2.05, 4.69) is 0 Å². The van der Waals surface area contributed by atoms with Gasteiger partial charge in [-0.2, -0.15) is 0 Å². The molecule has 1 aromatic rings. The topological polar surface area (TPSA) is 64.7 Å². The Balaban J connectivity index is 3.11. The number of ether oxygens (including phenoxy) is 2. The lowest BCUT2D eigenvalue weighted by molar-refractivity contribution is 0.299. The molecule has 0 amide bonds. The minimum Gasteiger partial charge on any atom is -0.494 e. The molecule has 0 aliphatic rings. The Morgan fingerprint density at radius 3 is 2.07 bits per heavy atom. The highest BCUT2D eigenvalue weighted by Crippen LogP contribution is 2.33. The molecule has 0 aliphatic carbocycles. The normalized spacial score (nSPS) is 9.93. The van der Waals surface area contributed by atoms with Crippen LogP contribution in [-0.2, 0) is 6.42 Å². The van der Waals surface area contributed by atoms with Gasteiger partial charge in [0.05, 0.1) is 14.2 Å². The van der Waals surface area contributed by atoms with Gasteiger partial charge in [0, 0.05) is 6.61 Å². The molecule has 0 fully saturated rings. The Morgan fingerprint density at radius 2 is 1.71 bits per heavy atom. The lowest BCUT2D eigenvalue weighted by atomic mass is 10.1. The van der Waals surface area contributed by atoms with Crippen molar-refractivity contribution in [2.75, 3.05) is 26.6 Å². The molecule has 0 aliphatic heterocycles. The van der Waals surface area contributed by atoms with Crippen molar-refractivity contribution >= 4 is 5.69 Å². The van der Waals surface area contributed by atoms with Gasteiger partial charge in [-0.25, -0.2) is 0 Å². The molecule has 0 radical (unpaired) electrons. The summed E-state index contributed by atoms with van der Waals surface area (Å²) in [5.41, 5.74) is 7.18. The number of anilines is 1. The third-order valence-electron chi connectivity index (χ3n) is 2.00. The standard InChI is InChI=1S/C10H15NO3/c1-13-8-5-7(3-4-12)6-9(14-2)10(8)11/h5-6,12H,3-4,11H2,1-2H3. The predicted molar refractivity (Wildman–Crippen MR) is 54.7 cm³/mol. The Labute approximate surface area is 83.3 Å². The number of benzene rings is 1. The van der Waals surface area contributed by atoms with Crippen molar-refractivity contribution in [3.05, 3.63) is 17.7 Å². The maximum atomic E-state index is 8.80. The van der Waals surface area contributed by atoms with Gasteiger partial charge in [-0.15, -0.1) is 0 Å². The van der Waals surface area contributed by atoms with Crippen LogP contribution in [0.1, 0.15) is 5.56 Å². The van der Waals surface area contributed by atoms with Crippen LogP contribution in [0.5, 0.6) is 11.5 Å². The van der Waals surface area contributed by atoms with Crippen molar-refractivity contribution in [2.45, 2.75) is 6.42 Å². The van der Waals surface area contributed by atoms with Gasteiger partial charge in [-0.05, 0) is 24.1 Å². The van der Waals surface area contributed by atoms with Crippen molar-refractivity contribution in [1.29, 1.82) is 0 Å². The van der Waals surface area contributed by atoms with E-state index in [1.54, 1.807) is 26.4 Å². The molecule has 0 saturated heterocycles. The molecule has 0 saturated carbocycles. The summed E-state index contributed by atoms with van der Waals surface area (Å²) in [6.07, 6.45) is 0.563. The Bertz CT molecular complexity index is 287. The summed E-state index contributed by atoms with van der Waals surface area (Å²) in [5, 5.41) is 8.80. The first-order valence-electron chi connectivity index (χ1n) is 4.34. The molecule has 4 nitrogen and oxygen atoms in total. The van der Waals surface area contributed by atoms with Crippen molar-refractivity contribution in [3.8, 4) is 11.5 Å². The Hall–Kier alpha value is -1.42. The summed E-state index contributed by atoms with van der Waals surface area (Å²) in [5.74, 6) is 1.15. The largest absolute Gasteiger partial charge is 0.494 e. The molecule has 0 heterocycles. The van der Waals surface area contributed by atoms with E-state index < -0.39 is 0 Å². The van der Waals surface area contributed by atoms with Crippen LogP contribution in [0.4, 0.5) is 5.69 Å². The number of hydrogen-bond acceptors (Lipinski definition) is 4. The third kappa shape index (κ3) is 2.09. The first-order chi connectivity index (χ1) is 6.72. The van der Waals surface area contributed by atoms with Gasteiger partial charge in [-0.3, -0.25) is 0 Å². The summed E-state index contributed by atoms with van der Waals surface area (Å²) in [7, 11) is 3.10. The Kier molecular flexibility index (Phi) is 3.59. The van der Waals surface area contributed by atoms with E-state index in [1.165, 1.54) is 0 Å². The van der Waals surface area contributed by atoms with Crippen molar-refractivity contribution in [3.63, 3.8) is 0 Å². The molecular formula is C10H15NO3. The monoisotopic (exact) mass is 197 g/mol. The van der Waals surface area contributed by atoms with Gasteiger partial charge < -0.3 is 20.3 Å². The fourth-order valence-electron chi connectivity index (χ4n) is 1.27. The first-order valence-corrected chi connectivity index (χ1v) is 4.34. The zero-order valence-electron chi connectivity index (χ0n) is 8.41. The van der Waals surface area contributed by atoms with Crippen LogP contribution >= 0.6 is 0 Å². The summed E-state index contributed by atoms with van der Waals surface area (Å²) in [4.78, 5) is 0.